The van der Waals surface area contributed by atoms with E-state index in [1.807, 2.05) is 10.6 Å². The largest absolute Gasteiger partial charge is 0.367 e. The van der Waals surface area contributed by atoms with Crippen LogP contribution in [0.25, 0.3) is 5.65 Å². The van der Waals surface area contributed by atoms with Crippen LogP contribution in [0.15, 0.2) is 18.5 Å². The van der Waals surface area contributed by atoms with Gasteiger partial charge < -0.3 is 5.32 Å². The van der Waals surface area contributed by atoms with Gasteiger partial charge >= 0.3 is 0 Å². The van der Waals surface area contributed by atoms with Gasteiger partial charge in [0, 0.05) is 6.04 Å². The molecule has 4 nitrogen and oxygen atoms in total. The molecule has 0 amide bonds. The van der Waals surface area contributed by atoms with Crippen LogP contribution in [0.1, 0.15) is 39.2 Å². The fraction of sp³-hybridized carbons (Fsp3) is 0.571. The molecule has 0 aliphatic carbocycles. The van der Waals surface area contributed by atoms with Crippen LogP contribution in [-0.4, -0.2) is 20.6 Å². The third kappa shape index (κ3) is 2.47. The number of rotatable bonds is 5. The number of hydrogen-bond donors (Lipinski definition) is 1. The quantitative estimate of drug-likeness (QED) is 0.880. The fourth-order valence-corrected chi connectivity index (χ4v) is 2.51. The Balaban J connectivity index is 2.28. The summed E-state index contributed by atoms with van der Waals surface area (Å²) in [7, 11) is 0. The summed E-state index contributed by atoms with van der Waals surface area (Å²) in [5.41, 5.74) is 2.10. The van der Waals surface area contributed by atoms with Crippen LogP contribution < -0.4 is 5.32 Å². The molecule has 0 radical (unpaired) electrons. The minimum absolute atomic E-state index is 0.439. The molecule has 1 unspecified atom stereocenters. The molecule has 98 valence electrons. The molecule has 1 atom stereocenters. The van der Waals surface area contributed by atoms with E-state index in [-0.39, 0.29) is 0 Å². The molecule has 2 aromatic rings. The van der Waals surface area contributed by atoms with Crippen LogP contribution in [0.3, 0.4) is 0 Å². The second kappa shape index (κ2) is 5.38. The summed E-state index contributed by atoms with van der Waals surface area (Å²) in [6, 6.07) is 4.61. The maximum atomic E-state index is 4.27. The smallest absolute Gasteiger partial charge is 0.157 e. The van der Waals surface area contributed by atoms with Crippen LogP contribution in [0.2, 0.25) is 0 Å². The van der Waals surface area contributed by atoms with Gasteiger partial charge in [-0.15, -0.1) is 0 Å². The molecule has 0 fully saturated rings. The molecule has 0 spiro atoms. The van der Waals surface area contributed by atoms with Crippen molar-refractivity contribution in [1.82, 2.24) is 14.6 Å². The Bertz CT molecular complexity index is 513. The van der Waals surface area contributed by atoms with Crippen LogP contribution in [0.5, 0.6) is 0 Å². The van der Waals surface area contributed by atoms with Crippen LogP contribution in [0.4, 0.5) is 5.82 Å². The Kier molecular flexibility index (Phi) is 3.84. The summed E-state index contributed by atoms with van der Waals surface area (Å²) in [6.45, 7) is 8.81. The van der Waals surface area contributed by atoms with Gasteiger partial charge in [0.15, 0.2) is 5.65 Å². The van der Waals surface area contributed by atoms with Crippen molar-refractivity contribution in [2.45, 2.75) is 46.6 Å². The minimum Gasteiger partial charge on any atom is -0.367 e. The van der Waals surface area contributed by atoms with Crippen molar-refractivity contribution in [2.24, 2.45) is 5.92 Å². The molecule has 0 aliphatic rings. The molecule has 0 saturated carbocycles. The SMILES string of the molecule is CCC(CC)C(C)Nc1cc(C)cc2ncnn12. The number of nitrogens with one attached hydrogen (secondary N) is 1. The second-order valence-corrected chi connectivity index (χ2v) is 4.96. The van der Waals surface area contributed by atoms with Gasteiger partial charge in [-0.05, 0) is 37.5 Å². The number of nitrogens with zero attached hydrogens (tertiary/aromatic N) is 3. The third-order valence-electron chi connectivity index (χ3n) is 3.65. The number of aromatic nitrogens is 3. The summed E-state index contributed by atoms with van der Waals surface area (Å²) in [5.74, 6) is 1.71. The van der Waals surface area contributed by atoms with Crippen molar-refractivity contribution in [1.29, 1.82) is 0 Å². The molecule has 1 N–H and O–H groups in total. The van der Waals surface area contributed by atoms with E-state index in [0.717, 1.165) is 11.5 Å². The first-order valence-corrected chi connectivity index (χ1v) is 6.72. The molecular formula is C14H22N4. The van der Waals surface area contributed by atoms with Crippen LogP contribution in [0, 0.1) is 12.8 Å². The van der Waals surface area contributed by atoms with Gasteiger partial charge in [0.1, 0.15) is 12.1 Å². The zero-order chi connectivity index (χ0) is 13.1. The lowest BCUT2D eigenvalue weighted by Gasteiger charge is -2.23. The maximum absolute atomic E-state index is 4.27. The molecule has 0 aromatic carbocycles. The molecule has 2 heterocycles. The molecule has 2 aromatic heterocycles. The van der Waals surface area contributed by atoms with Crippen molar-refractivity contribution in [3.63, 3.8) is 0 Å². The van der Waals surface area contributed by atoms with E-state index < -0.39 is 0 Å². The van der Waals surface area contributed by atoms with Gasteiger partial charge in [0.25, 0.3) is 0 Å². The maximum Gasteiger partial charge on any atom is 0.157 e. The van der Waals surface area contributed by atoms with E-state index in [4.69, 9.17) is 0 Å². The van der Waals surface area contributed by atoms with E-state index in [0.29, 0.717) is 12.0 Å². The summed E-state index contributed by atoms with van der Waals surface area (Å²) in [5, 5.41) is 7.84. The van der Waals surface area contributed by atoms with Crippen LogP contribution in [-0.2, 0) is 0 Å². The first-order chi connectivity index (χ1) is 8.65. The predicted molar refractivity (Wildman–Crippen MR) is 74.9 cm³/mol. The minimum atomic E-state index is 0.439. The average molecular weight is 246 g/mol. The second-order valence-electron chi connectivity index (χ2n) is 4.96. The van der Waals surface area contributed by atoms with Gasteiger partial charge in [0.2, 0.25) is 0 Å². The average Bonchev–Trinajstić information content (AvgIpc) is 2.78. The topological polar surface area (TPSA) is 42.2 Å². The predicted octanol–water partition coefficient (Wildman–Crippen LogP) is 3.27. The number of fused-ring (bicyclic) bond motifs is 1. The Hall–Kier alpha value is -1.58. The van der Waals surface area contributed by atoms with Gasteiger partial charge in [-0.2, -0.15) is 9.61 Å². The van der Waals surface area contributed by atoms with Gasteiger partial charge in [0.05, 0.1) is 0 Å². The van der Waals surface area contributed by atoms with E-state index in [1.54, 1.807) is 6.33 Å². The van der Waals surface area contributed by atoms with E-state index in [1.165, 1.54) is 18.4 Å². The third-order valence-corrected chi connectivity index (χ3v) is 3.65. The number of anilines is 1. The number of pyridine rings is 1. The van der Waals surface area contributed by atoms with E-state index in [2.05, 4.69) is 49.2 Å². The molecule has 2 rings (SSSR count). The zero-order valence-corrected chi connectivity index (χ0v) is 11.6. The van der Waals surface area contributed by atoms with Gasteiger partial charge in [-0.25, -0.2) is 4.98 Å². The van der Waals surface area contributed by atoms with E-state index in [9.17, 15) is 0 Å². The highest BCUT2D eigenvalue weighted by Gasteiger charge is 2.14. The van der Waals surface area contributed by atoms with Gasteiger partial charge in [-0.3, -0.25) is 0 Å². The summed E-state index contributed by atoms with van der Waals surface area (Å²) in [6.07, 6.45) is 3.98. The highest BCUT2D eigenvalue weighted by atomic mass is 15.3. The first-order valence-electron chi connectivity index (χ1n) is 6.72. The number of aryl methyl sites for hydroxylation is 1. The molecule has 0 bridgehead atoms. The molecule has 4 heteroatoms. The van der Waals surface area contributed by atoms with Crippen LogP contribution >= 0.6 is 0 Å². The highest BCUT2D eigenvalue weighted by Crippen LogP contribution is 2.19. The Morgan fingerprint density at radius 3 is 2.67 bits per heavy atom. The normalized spacial score (nSPS) is 13.2. The standard InChI is InChI=1S/C14H22N4/c1-5-12(6-2)11(4)17-14-8-10(3)7-13-15-9-16-18(13)14/h7-9,11-12,17H,5-6H2,1-4H3. The van der Waals surface area contributed by atoms with E-state index >= 15 is 0 Å². The van der Waals surface area contributed by atoms with Crippen molar-refractivity contribution in [2.75, 3.05) is 5.32 Å². The van der Waals surface area contributed by atoms with Crippen molar-refractivity contribution in [3.05, 3.63) is 24.0 Å². The van der Waals surface area contributed by atoms with Crippen molar-refractivity contribution in [3.8, 4) is 0 Å². The Labute approximate surface area is 108 Å². The van der Waals surface area contributed by atoms with Crippen molar-refractivity contribution < 1.29 is 0 Å². The van der Waals surface area contributed by atoms with Crippen molar-refractivity contribution >= 4 is 11.5 Å². The lowest BCUT2D eigenvalue weighted by molar-refractivity contribution is 0.436. The monoisotopic (exact) mass is 246 g/mol. The fourth-order valence-electron chi connectivity index (χ4n) is 2.51. The van der Waals surface area contributed by atoms with Gasteiger partial charge in [-0.1, -0.05) is 26.7 Å². The molecule has 18 heavy (non-hydrogen) atoms. The lowest BCUT2D eigenvalue weighted by atomic mass is 9.95. The molecule has 0 aliphatic heterocycles. The Morgan fingerprint density at radius 2 is 2.00 bits per heavy atom. The highest BCUT2D eigenvalue weighted by molar-refractivity contribution is 5.51. The summed E-state index contributed by atoms with van der Waals surface area (Å²) >= 11 is 0. The zero-order valence-electron chi connectivity index (χ0n) is 11.6. The summed E-state index contributed by atoms with van der Waals surface area (Å²) < 4.78 is 1.87. The number of hydrogen-bond acceptors (Lipinski definition) is 3. The first kappa shape index (κ1) is 12.9. The molecular weight excluding hydrogens is 224 g/mol. The molecule has 0 saturated heterocycles. The summed E-state index contributed by atoms with van der Waals surface area (Å²) in [4.78, 5) is 4.24. The Morgan fingerprint density at radius 1 is 1.28 bits per heavy atom. The lowest BCUT2D eigenvalue weighted by Crippen LogP contribution is -2.26.